The molecule has 8 heteroatoms. The third kappa shape index (κ3) is 6.09. The number of ether oxygens (including phenoxy) is 1. The van der Waals surface area contributed by atoms with Gasteiger partial charge in [0.1, 0.15) is 5.75 Å². The fourth-order valence-electron chi connectivity index (χ4n) is 3.11. The standard InChI is InChI=1S/C24H25ClN2O4S/c1-18-8-9-20(16-23(18)25)26-24(28)17-27(15-14-19-6-4-3-5-7-19)32(29,30)22-12-10-21(31-2)11-13-22/h3-13,16H,14-15,17H2,1-2H3,(H,26,28). The van der Waals surface area contributed by atoms with Crippen LogP contribution in [-0.4, -0.2) is 38.8 Å². The smallest absolute Gasteiger partial charge is 0.243 e. The Hall–Kier alpha value is -2.87. The summed E-state index contributed by atoms with van der Waals surface area (Å²) in [6.07, 6.45) is 0.472. The minimum Gasteiger partial charge on any atom is -0.497 e. The molecule has 0 bridgehead atoms. The zero-order chi connectivity index (χ0) is 23.1. The van der Waals surface area contributed by atoms with Crippen molar-refractivity contribution in [2.45, 2.75) is 18.2 Å². The molecule has 0 atom stereocenters. The predicted molar refractivity (Wildman–Crippen MR) is 127 cm³/mol. The Kier molecular flexibility index (Phi) is 7.90. The first kappa shape index (κ1) is 23.8. The Balaban J connectivity index is 1.81. The second-order valence-electron chi connectivity index (χ2n) is 7.26. The number of methoxy groups -OCH3 is 1. The first-order valence-corrected chi connectivity index (χ1v) is 11.9. The van der Waals surface area contributed by atoms with E-state index in [1.165, 1.54) is 23.5 Å². The van der Waals surface area contributed by atoms with Gasteiger partial charge in [0.15, 0.2) is 0 Å². The average molecular weight is 473 g/mol. The summed E-state index contributed by atoms with van der Waals surface area (Å²) < 4.78 is 32.9. The van der Waals surface area contributed by atoms with Crippen molar-refractivity contribution in [3.05, 3.63) is 88.9 Å². The van der Waals surface area contributed by atoms with Gasteiger partial charge in [-0.15, -0.1) is 0 Å². The fraction of sp³-hybridized carbons (Fsp3) is 0.208. The highest BCUT2D eigenvalue weighted by Crippen LogP contribution is 2.22. The molecule has 0 spiro atoms. The summed E-state index contributed by atoms with van der Waals surface area (Å²) in [6, 6.07) is 20.8. The van der Waals surface area contributed by atoms with Gasteiger partial charge in [-0.2, -0.15) is 4.31 Å². The van der Waals surface area contributed by atoms with Crippen LogP contribution in [0.1, 0.15) is 11.1 Å². The zero-order valence-corrected chi connectivity index (χ0v) is 19.5. The molecule has 0 heterocycles. The molecule has 32 heavy (non-hydrogen) atoms. The van der Waals surface area contributed by atoms with Crippen LogP contribution in [0, 0.1) is 6.92 Å². The molecule has 3 aromatic carbocycles. The van der Waals surface area contributed by atoms with E-state index in [9.17, 15) is 13.2 Å². The van der Waals surface area contributed by atoms with Crippen molar-refractivity contribution in [3.63, 3.8) is 0 Å². The number of aryl methyl sites for hydroxylation is 1. The summed E-state index contributed by atoms with van der Waals surface area (Å²) in [4.78, 5) is 12.8. The maximum absolute atomic E-state index is 13.3. The quantitative estimate of drug-likeness (QED) is 0.496. The largest absolute Gasteiger partial charge is 0.497 e. The van der Waals surface area contributed by atoms with Crippen LogP contribution in [0.25, 0.3) is 0 Å². The second-order valence-corrected chi connectivity index (χ2v) is 9.61. The molecule has 0 saturated heterocycles. The number of anilines is 1. The zero-order valence-electron chi connectivity index (χ0n) is 17.9. The number of halogens is 1. The van der Waals surface area contributed by atoms with Crippen molar-refractivity contribution in [2.75, 3.05) is 25.5 Å². The topological polar surface area (TPSA) is 75.7 Å². The van der Waals surface area contributed by atoms with E-state index in [2.05, 4.69) is 5.32 Å². The Morgan fingerprint density at radius 3 is 2.34 bits per heavy atom. The summed E-state index contributed by atoms with van der Waals surface area (Å²) >= 11 is 6.13. The molecular weight excluding hydrogens is 448 g/mol. The van der Waals surface area contributed by atoms with E-state index in [0.717, 1.165) is 11.1 Å². The molecular formula is C24H25ClN2O4S. The molecule has 0 aliphatic heterocycles. The summed E-state index contributed by atoms with van der Waals surface area (Å²) in [5, 5.41) is 3.25. The number of amides is 1. The van der Waals surface area contributed by atoms with Crippen LogP contribution < -0.4 is 10.1 Å². The number of rotatable bonds is 9. The van der Waals surface area contributed by atoms with Crippen molar-refractivity contribution in [2.24, 2.45) is 0 Å². The van der Waals surface area contributed by atoms with Crippen molar-refractivity contribution in [1.82, 2.24) is 4.31 Å². The lowest BCUT2D eigenvalue weighted by molar-refractivity contribution is -0.116. The van der Waals surface area contributed by atoms with Gasteiger partial charge in [-0.1, -0.05) is 48.0 Å². The average Bonchev–Trinajstić information content (AvgIpc) is 2.79. The van der Waals surface area contributed by atoms with Gasteiger partial charge in [0, 0.05) is 17.3 Å². The first-order valence-electron chi connectivity index (χ1n) is 10.0. The number of hydrogen-bond acceptors (Lipinski definition) is 4. The van der Waals surface area contributed by atoms with Gasteiger partial charge in [0.25, 0.3) is 0 Å². The van der Waals surface area contributed by atoms with Gasteiger partial charge >= 0.3 is 0 Å². The molecule has 6 nitrogen and oxygen atoms in total. The first-order chi connectivity index (χ1) is 15.3. The number of carbonyl (C=O) groups excluding carboxylic acids is 1. The molecule has 0 aliphatic rings. The summed E-state index contributed by atoms with van der Waals surface area (Å²) in [6.45, 7) is 1.69. The monoisotopic (exact) mass is 472 g/mol. The number of carbonyl (C=O) groups is 1. The van der Waals surface area contributed by atoms with E-state index in [4.69, 9.17) is 16.3 Å². The van der Waals surface area contributed by atoms with Crippen LogP contribution in [0.4, 0.5) is 5.69 Å². The van der Waals surface area contributed by atoms with Crippen molar-refractivity contribution in [1.29, 1.82) is 0 Å². The molecule has 1 N–H and O–H groups in total. The van der Waals surface area contributed by atoms with Crippen LogP contribution >= 0.6 is 11.6 Å². The van der Waals surface area contributed by atoms with E-state index in [-0.39, 0.29) is 18.0 Å². The van der Waals surface area contributed by atoms with E-state index < -0.39 is 15.9 Å². The van der Waals surface area contributed by atoms with E-state index in [0.29, 0.717) is 22.9 Å². The summed E-state index contributed by atoms with van der Waals surface area (Å²) in [5.74, 6) is 0.101. The van der Waals surface area contributed by atoms with Crippen molar-refractivity contribution in [3.8, 4) is 5.75 Å². The molecule has 0 fully saturated rings. The molecule has 168 valence electrons. The number of nitrogens with one attached hydrogen (secondary N) is 1. The minimum atomic E-state index is -3.91. The van der Waals surface area contributed by atoms with Crippen LogP contribution in [0.2, 0.25) is 5.02 Å². The second kappa shape index (κ2) is 10.6. The number of benzene rings is 3. The lowest BCUT2D eigenvalue weighted by atomic mass is 10.1. The number of nitrogens with zero attached hydrogens (tertiary/aromatic N) is 1. The van der Waals surface area contributed by atoms with Crippen LogP contribution in [0.5, 0.6) is 5.75 Å². The van der Waals surface area contributed by atoms with Gasteiger partial charge in [0.2, 0.25) is 15.9 Å². The molecule has 0 aliphatic carbocycles. The lowest BCUT2D eigenvalue weighted by Gasteiger charge is -2.22. The Labute approximate surface area is 193 Å². The van der Waals surface area contributed by atoms with E-state index in [1.54, 1.807) is 30.3 Å². The van der Waals surface area contributed by atoms with Crippen molar-refractivity contribution >= 4 is 33.2 Å². The highest BCUT2D eigenvalue weighted by atomic mass is 35.5. The molecule has 0 radical (unpaired) electrons. The summed E-state index contributed by atoms with van der Waals surface area (Å²) in [5.41, 5.74) is 2.37. The Bertz CT molecular complexity index is 1170. The summed E-state index contributed by atoms with van der Waals surface area (Å²) in [7, 11) is -2.40. The maximum Gasteiger partial charge on any atom is 0.243 e. The van der Waals surface area contributed by atoms with Crippen LogP contribution in [-0.2, 0) is 21.2 Å². The molecule has 1 amide bonds. The third-order valence-electron chi connectivity index (χ3n) is 4.97. The Morgan fingerprint density at radius 1 is 1.03 bits per heavy atom. The van der Waals surface area contributed by atoms with E-state index >= 15 is 0 Å². The molecule has 0 saturated carbocycles. The van der Waals surface area contributed by atoms with Gasteiger partial charge in [0.05, 0.1) is 18.6 Å². The highest BCUT2D eigenvalue weighted by Gasteiger charge is 2.26. The maximum atomic E-state index is 13.3. The SMILES string of the molecule is COc1ccc(S(=O)(=O)N(CCc2ccccc2)CC(=O)Nc2ccc(C)c(Cl)c2)cc1. The fourth-order valence-corrected chi connectivity index (χ4v) is 4.69. The molecule has 0 aromatic heterocycles. The highest BCUT2D eigenvalue weighted by molar-refractivity contribution is 7.89. The molecule has 3 rings (SSSR count). The number of sulfonamides is 1. The van der Waals surface area contributed by atoms with Gasteiger partial charge in [-0.3, -0.25) is 4.79 Å². The van der Waals surface area contributed by atoms with Gasteiger partial charge < -0.3 is 10.1 Å². The minimum absolute atomic E-state index is 0.0949. The van der Waals surface area contributed by atoms with Gasteiger partial charge in [-0.05, 0) is 60.9 Å². The normalized spacial score (nSPS) is 11.4. The van der Waals surface area contributed by atoms with Crippen LogP contribution in [0.3, 0.4) is 0 Å². The molecule has 3 aromatic rings. The predicted octanol–water partition coefficient (Wildman–Crippen LogP) is 4.53. The number of hydrogen-bond donors (Lipinski definition) is 1. The van der Waals surface area contributed by atoms with Gasteiger partial charge in [-0.25, -0.2) is 8.42 Å². The lowest BCUT2D eigenvalue weighted by Crippen LogP contribution is -2.39. The van der Waals surface area contributed by atoms with Crippen LogP contribution in [0.15, 0.2) is 77.7 Å². The molecule has 0 unspecified atom stereocenters. The van der Waals surface area contributed by atoms with E-state index in [1.807, 2.05) is 37.3 Å². The third-order valence-corrected chi connectivity index (χ3v) is 7.23. The Morgan fingerprint density at radius 2 is 1.72 bits per heavy atom. The van der Waals surface area contributed by atoms with Crippen molar-refractivity contribution < 1.29 is 17.9 Å².